The monoisotopic (exact) mass is 582 g/mol. The minimum atomic E-state index is -1.47. The second-order valence-corrected chi connectivity index (χ2v) is 7.49. The Balaban J connectivity index is 4.00. The molecule has 0 heterocycles. The summed E-state index contributed by atoms with van der Waals surface area (Å²) in [6.07, 6.45) is -5.76. The first kappa shape index (κ1) is 35.7. The Labute approximate surface area is 226 Å². The van der Waals surface area contributed by atoms with Crippen molar-refractivity contribution in [3.8, 4) is 0 Å². The highest BCUT2D eigenvalue weighted by Gasteiger charge is 2.24. The predicted octanol–water partition coefficient (Wildman–Crippen LogP) is -3.13. The Bertz CT molecular complexity index is 849. The number of aliphatic hydroxyl groups excluding tert-OH is 2. The smallest absolute Gasteiger partial charge is 0.347 e. The second kappa shape index (κ2) is 18.9. The van der Waals surface area contributed by atoms with E-state index in [1.807, 2.05) is 0 Å². The van der Waals surface area contributed by atoms with Gasteiger partial charge in [0.15, 0.2) is 38.6 Å². The molecule has 0 aliphatic rings. The zero-order valence-electron chi connectivity index (χ0n) is 22.0. The molecule has 0 spiro atoms. The molecular formula is C22H30O18. The van der Waals surface area contributed by atoms with Crippen molar-refractivity contribution in [3.63, 3.8) is 0 Å². The van der Waals surface area contributed by atoms with E-state index < -0.39 is 112 Å². The summed E-state index contributed by atoms with van der Waals surface area (Å²) in [6.45, 7) is 0.0470. The van der Waals surface area contributed by atoms with Crippen LogP contribution < -0.4 is 0 Å². The van der Waals surface area contributed by atoms with Crippen molar-refractivity contribution in [2.75, 3.05) is 39.6 Å². The van der Waals surface area contributed by atoms with Crippen LogP contribution in [0.5, 0.6) is 0 Å². The van der Waals surface area contributed by atoms with Crippen LogP contribution in [-0.2, 0) is 76.3 Å². The molecule has 0 fully saturated rings. The SMILES string of the molecule is CC(O)C(=O)OC(C)C(=O)OCC(=O)OCC(=O)OCCOC(=O)COC(=O)COC(=O)C(C)OC(=O)C(C)O. The number of hydrogen-bond acceptors (Lipinski definition) is 18. The van der Waals surface area contributed by atoms with Gasteiger partial charge in [-0.25, -0.2) is 38.4 Å². The molecule has 40 heavy (non-hydrogen) atoms. The summed E-state index contributed by atoms with van der Waals surface area (Å²) in [5.74, 6) is -8.71. The maximum absolute atomic E-state index is 11.6. The molecule has 4 atom stereocenters. The molecule has 18 nitrogen and oxygen atoms in total. The van der Waals surface area contributed by atoms with Crippen LogP contribution >= 0.6 is 0 Å². The minimum Gasteiger partial charge on any atom is -0.460 e. The first-order valence-corrected chi connectivity index (χ1v) is 11.4. The van der Waals surface area contributed by atoms with Crippen LogP contribution in [0.1, 0.15) is 27.7 Å². The van der Waals surface area contributed by atoms with Crippen molar-refractivity contribution in [2.45, 2.75) is 52.1 Å². The first-order chi connectivity index (χ1) is 18.6. The summed E-state index contributed by atoms with van der Waals surface area (Å²) in [4.78, 5) is 91.6. The molecule has 0 saturated carbocycles. The molecule has 0 rings (SSSR count). The number of esters is 8. The summed E-state index contributed by atoms with van der Waals surface area (Å²) in [5.41, 5.74) is 0. The normalized spacial score (nSPS) is 13.2. The zero-order valence-corrected chi connectivity index (χ0v) is 22.0. The Morgan fingerprint density at radius 2 is 0.725 bits per heavy atom. The quantitative estimate of drug-likeness (QED) is 0.0976. The van der Waals surface area contributed by atoms with E-state index in [1.54, 1.807) is 0 Å². The first-order valence-electron chi connectivity index (χ1n) is 11.4. The molecule has 2 N–H and O–H groups in total. The third-order valence-corrected chi connectivity index (χ3v) is 3.91. The molecule has 0 radical (unpaired) electrons. The number of ether oxygens (including phenoxy) is 8. The number of carbonyl (C=O) groups excluding carboxylic acids is 8. The van der Waals surface area contributed by atoms with Crippen molar-refractivity contribution in [2.24, 2.45) is 0 Å². The third-order valence-electron chi connectivity index (χ3n) is 3.91. The fourth-order valence-electron chi connectivity index (χ4n) is 1.89. The molecule has 0 aromatic carbocycles. The van der Waals surface area contributed by atoms with Gasteiger partial charge in [0.2, 0.25) is 0 Å². The van der Waals surface area contributed by atoms with Crippen molar-refractivity contribution < 1.29 is 86.5 Å². The standard InChI is InChI=1S/C22H30O18/c1-11(23)19(29)39-13(3)21(31)37-9-17(27)35-7-15(25)33-5-6-34-16(26)8-36-18(28)10-38-22(32)14(4)40-20(30)12(2)24/h11-14,23-24H,5-10H2,1-4H3. The lowest BCUT2D eigenvalue weighted by atomic mass is 10.4. The van der Waals surface area contributed by atoms with Crippen LogP contribution in [-0.4, -0.2) is 122 Å². The number of hydrogen-bond donors (Lipinski definition) is 2. The lowest BCUT2D eigenvalue weighted by Gasteiger charge is -2.13. The van der Waals surface area contributed by atoms with E-state index in [2.05, 4.69) is 37.9 Å². The molecule has 0 saturated heterocycles. The van der Waals surface area contributed by atoms with E-state index in [4.69, 9.17) is 10.2 Å². The molecule has 0 aliphatic heterocycles. The van der Waals surface area contributed by atoms with Crippen LogP contribution in [0.4, 0.5) is 0 Å². The molecular weight excluding hydrogens is 552 g/mol. The van der Waals surface area contributed by atoms with Gasteiger partial charge in [-0.15, -0.1) is 0 Å². The van der Waals surface area contributed by atoms with Crippen molar-refractivity contribution in [1.29, 1.82) is 0 Å². The van der Waals surface area contributed by atoms with Gasteiger partial charge in [0, 0.05) is 0 Å². The molecule has 0 aromatic heterocycles. The average molecular weight is 582 g/mol. The van der Waals surface area contributed by atoms with Crippen LogP contribution in [0.25, 0.3) is 0 Å². The predicted molar refractivity (Wildman–Crippen MR) is 120 cm³/mol. The van der Waals surface area contributed by atoms with Crippen LogP contribution in [0.3, 0.4) is 0 Å². The van der Waals surface area contributed by atoms with Gasteiger partial charge in [-0.3, -0.25) is 0 Å². The molecule has 0 aliphatic carbocycles. The Morgan fingerprint density at radius 1 is 0.450 bits per heavy atom. The van der Waals surface area contributed by atoms with Gasteiger partial charge in [-0.2, -0.15) is 0 Å². The maximum Gasteiger partial charge on any atom is 0.347 e. The fourth-order valence-corrected chi connectivity index (χ4v) is 1.89. The molecule has 0 aromatic rings. The van der Waals surface area contributed by atoms with Gasteiger partial charge in [0.05, 0.1) is 0 Å². The highest BCUT2D eigenvalue weighted by Crippen LogP contribution is 2.00. The Kier molecular flexibility index (Phi) is 16.8. The van der Waals surface area contributed by atoms with Gasteiger partial charge in [0.1, 0.15) is 25.4 Å². The second-order valence-electron chi connectivity index (χ2n) is 7.49. The largest absolute Gasteiger partial charge is 0.460 e. The van der Waals surface area contributed by atoms with E-state index in [9.17, 15) is 38.4 Å². The Morgan fingerprint density at radius 3 is 1.02 bits per heavy atom. The van der Waals surface area contributed by atoms with Gasteiger partial charge in [0.25, 0.3) is 0 Å². The van der Waals surface area contributed by atoms with Gasteiger partial charge in [-0.05, 0) is 27.7 Å². The van der Waals surface area contributed by atoms with Gasteiger partial charge >= 0.3 is 47.8 Å². The molecule has 4 unspecified atom stereocenters. The van der Waals surface area contributed by atoms with E-state index in [0.717, 1.165) is 27.7 Å². The third kappa shape index (κ3) is 16.5. The summed E-state index contributed by atoms with van der Waals surface area (Å²) in [7, 11) is 0. The zero-order chi connectivity index (χ0) is 30.8. The average Bonchev–Trinajstić information content (AvgIpc) is 2.89. The summed E-state index contributed by atoms with van der Waals surface area (Å²) >= 11 is 0. The van der Waals surface area contributed by atoms with Crippen LogP contribution in [0, 0.1) is 0 Å². The molecule has 0 bridgehead atoms. The highest BCUT2D eigenvalue weighted by atomic mass is 16.6. The number of rotatable bonds is 17. The van der Waals surface area contributed by atoms with Gasteiger partial charge in [-0.1, -0.05) is 0 Å². The summed E-state index contributed by atoms with van der Waals surface area (Å²) in [6, 6.07) is 0. The lowest BCUT2D eigenvalue weighted by molar-refractivity contribution is -0.176. The minimum absolute atomic E-state index is 0.460. The van der Waals surface area contributed by atoms with Crippen LogP contribution in [0.2, 0.25) is 0 Å². The number of carbonyl (C=O) groups is 8. The Hall–Kier alpha value is -4.32. The summed E-state index contributed by atoms with van der Waals surface area (Å²) in [5, 5.41) is 18.0. The topological polar surface area (TPSA) is 251 Å². The number of aliphatic hydroxyl groups is 2. The lowest BCUT2D eigenvalue weighted by Crippen LogP contribution is -2.32. The van der Waals surface area contributed by atoms with Crippen LogP contribution in [0.15, 0.2) is 0 Å². The summed E-state index contributed by atoms with van der Waals surface area (Å²) < 4.78 is 36.5. The maximum atomic E-state index is 11.6. The van der Waals surface area contributed by atoms with E-state index in [-0.39, 0.29) is 0 Å². The fraction of sp³-hybridized carbons (Fsp3) is 0.636. The van der Waals surface area contributed by atoms with Crippen molar-refractivity contribution >= 4 is 47.8 Å². The van der Waals surface area contributed by atoms with E-state index in [0.29, 0.717) is 0 Å². The highest BCUT2D eigenvalue weighted by molar-refractivity contribution is 5.84. The van der Waals surface area contributed by atoms with Crippen molar-refractivity contribution in [1.82, 2.24) is 0 Å². The van der Waals surface area contributed by atoms with E-state index in [1.165, 1.54) is 0 Å². The molecule has 0 amide bonds. The van der Waals surface area contributed by atoms with Crippen molar-refractivity contribution in [3.05, 3.63) is 0 Å². The molecule has 226 valence electrons. The molecule has 18 heteroatoms. The van der Waals surface area contributed by atoms with Gasteiger partial charge < -0.3 is 48.1 Å². The van der Waals surface area contributed by atoms with E-state index >= 15 is 0 Å².